The van der Waals surface area contributed by atoms with Gasteiger partial charge < -0.3 is 20.3 Å². The molecule has 0 bridgehead atoms. The third-order valence-corrected chi connectivity index (χ3v) is 2.99. The fourth-order valence-electron chi connectivity index (χ4n) is 2.03. The Kier molecular flexibility index (Phi) is 4.91. The van der Waals surface area contributed by atoms with Crippen LogP contribution < -0.4 is 10.5 Å². The van der Waals surface area contributed by atoms with Crippen molar-refractivity contribution in [3.05, 3.63) is 23.4 Å². The van der Waals surface area contributed by atoms with Crippen molar-refractivity contribution in [3.8, 4) is 5.75 Å². The predicted molar refractivity (Wildman–Crippen MR) is 78.1 cm³/mol. The molecule has 9 heteroatoms. The third kappa shape index (κ3) is 3.46. The van der Waals surface area contributed by atoms with Crippen molar-refractivity contribution >= 4 is 28.8 Å². The van der Waals surface area contributed by atoms with Crippen molar-refractivity contribution in [1.29, 1.82) is 0 Å². The summed E-state index contributed by atoms with van der Waals surface area (Å²) in [4.78, 5) is 33.9. The molecule has 0 aliphatic rings. The van der Waals surface area contributed by atoms with Crippen molar-refractivity contribution in [1.82, 2.24) is 10.2 Å². The molecule has 23 heavy (non-hydrogen) atoms. The summed E-state index contributed by atoms with van der Waals surface area (Å²) < 4.78 is 9.70. The smallest absolute Gasteiger partial charge is 0.422 e. The van der Waals surface area contributed by atoms with Crippen LogP contribution in [0, 0.1) is 0 Å². The van der Waals surface area contributed by atoms with Crippen molar-refractivity contribution in [2.45, 2.75) is 13.3 Å². The number of aromatic amines is 1. The Bertz CT molecular complexity index is 767. The highest BCUT2D eigenvalue weighted by molar-refractivity contribution is 6.29. The van der Waals surface area contributed by atoms with Gasteiger partial charge in [0.25, 0.3) is 0 Å². The highest BCUT2D eigenvalue weighted by atomic mass is 16.6. The first-order chi connectivity index (χ1) is 11.0. The minimum atomic E-state index is -1.75. The van der Waals surface area contributed by atoms with Gasteiger partial charge in [-0.2, -0.15) is 5.10 Å². The SMILES string of the molecule is CCOC(=O)c1cc(OC(=O)C(=O)O)c2n[nH]c(CCN)c2c1. The summed E-state index contributed by atoms with van der Waals surface area (Å²) >= 11 is 0. The van der Waals surface area contributed by atoms with Crippen LogP contribution in [0.25, 0.3) is 10.9 Å². The monoisotopic (exact) mass is 321 g/mol. The van der Waals surface area contributed by atoms with Gasteiger partial charge in [0.1, 0.15) is 5.52 Å². The molecule has 2 rings (SSSR count). The molecule has 0 atom stereocenters. The highest BCUT2D eigenvalue weighted by Crippen LogP contribution is 2.29. The lowest BCUT2D eigenvalue weighted by Crippen LogP contribution is -2.19. The maximum atomic E-state index is 11.9. The van der Waals surface area contributed by atoms with Gasteiger partial charge in [0.2, 0.25) is 0 Å². The zero-order chi connectivity index (χ0) is 17.0. The number of H-pyrrole nitrogens is 1. The van der Waals surface area contributed by atoms with E-state index >= 15 is 0 Å². The first-order valence-corrected chi connectivity index (χ1v) is 6.81. The molecule has 0 radical (unpaired) electrons. The summed E-state index contributed by atoms with van der Waals surface area (Å²) in [5.41, 5.74) is 6.50. The molecule has 1 aromatic heterocycles. The molecule has 2 aromatic rings. The van der Waals surface area contributed by atoms with Gasteiger partial charge in [-0.1, -0.05) is 0 Å². The molecule has 0 saturated carbocycles. The number of nitrogens with zero attached hydrogens (tertiary/aromatic N) is 1. The van der Waals surface area contributed by atoms with E-state index in [1.807, 2.05) is 0 Å². The number of fused-ring (bicyclic) bond motifs is 1. The van der Waals surface area contributed by atoms with Gasteiger partial charge in [0.15, 0.2) is 5.75 Å². The van der Waals surface area contributed by atoms with E-state index in [1.54, 1.807) is 6.92 Å². The van der Waals surface area contributed by atoms with E-state index < -0.39 is 17.9 Å². The Balaban J connectivity index is 2.56. The zero-order valence-electron chi connectivity index (χ0n) is 12.3. The number of carboxylic acids is 1. The number of hydrogen-bond acceptors (Lipinski definition) is 7. The van der Waals surface area contributed by atoms with Crippen LogP contribution in [0.15, 0.2) is 12.1 Å². The average molecular weight is 321 g/mol. The van der Waals surface area contributed by atoms with Crippen LogP contribution in [0.4, 0.5) is 0 Å². The van der Waals surface area contributed by atoms with Crippen LogP contribution >= 0.6 is 0 Å². The van der Waals surface area contributed by atoms with Crippen LogP contribution in [0.2, 0.25) is 0 Å². The number of carboxylic acid groups (broad SMARTS) is 1. The lowest BCUT2D eigenvalue weighted by molar-refractivity contribution is -0.157. The second-order valence-electron chi connectivity index (χ2n) is 4.53. The second-order valence-corrected chi connectivity index (χ2v) is 4.53. The fourth-order valence-corrected chi connectivity index (χ4v) is 2.03. The van der Waals surface area contributed by atoms with Crippen molar-refractivity contribution in [2.24, 2.45) is 5.73 Å². The van der Waals surface area contributed by atoms with E-state index in [0.29, 0.717) is 24.0 Å². The molecule has 4 N–H and O–H groups in total. The topological polar surface area (TPSA) is 145 Å². The molecule has 0 spiro atoms. The standard InChI is InChI=1S/C14H15N3O6/c1-2-22-13(20)7-5-8-9(3-4-15)16-17-11(8)10(6-7)23-14(21)12(18)19/h5-6H,2-4,15H2,1H3,(H,16,17)(H,18,19). The number of esters is 2. The van der Waals surface area contributed by atoms with Crippen molar-refractivity contribution < 1.29 is 29.0 Å². The summed E-state index contributed by atoms with van der Waals surface area (Å²) in [5.74, 6) is -3.99. The van der Waals surface area contributed by atoms with Gasteiger partial charge in [-0.15, -0.1) is 0 Å². The number of nitrogens with two attached hydrogens (primary N) is 1. The highest BCUT2D eigenvalue weighted by Gasteiger charge is 2.21. The minimum absolute atomic E-state index is 0.118. The van der Waals surface area contributed by atoms with Crippen LogP contribution in [0.1, 0.15) is 23.0 Å². The summed E-state index contributed by atoms with van der Waals surface area (Å²) in [6, 6.07) is 2.74. The average Bonchev–Trinajstić information content (AvgIpc) is 2.91. The fraction of sp³-hybridized carbons (Fsp3) is 0.286. The molecule has 1 aromatic carbocycles. The summed E-state index contributed by atoms with van der Waals surface area (Å²) in [7, 11) is 0. The molecule has 0 unspecified atom stereocenters. The van der Waals surface area contributed by atoms with E-state index in [0.717, 1.165) is 0 Å². The first kappa shape index (κ1) is 16.4. The maximum Gasteiger partial charge on any atom is 0.422 e. The molecule has 9 nitrogen and oxygen atoms in total. The van der Waals surface area contributed by atoms with E-state index in [2.05, 4.69) is 10.2 Å². The first-order valence-electron chi connectivity index (χ1n) is 6.81. The van der Waals surface area contributed by atoms with Crippen LogP contribution in [-0.4, -0.2) is 46.4 Å². The van der Waals surface area contributed by atoms with Gasteiger partial charge in [0.05, 0.1) is 12.2 Å². The number of hydrogen-bond donors (Lipinski definition) is 3. The van der Waals surface area contributed by atoms with E-state index in [-0.39, 0.29) is 23.4 Å². The molecule has 0 amide bonds. The van der Waals surface area contributed by atoms with Crippen LogP contribution in [-0.2, 0) is 20.7 Å². The van der Waals surface area contributed by atoms with Gasteiger partial charge in [-0.25, -0.2) is 14.4 Å². The maximum absolute atomic E-state index is 11.9. The molecular weight excluding hydrogens is 306 g/mol. The van der Waals surface area contributed by atoms with Crippen LogP contribution in [0.5, 0.6) is 5.75 Å². The Morgan fingerprint density at radius 1 is 1.35 bits per heavy atom. The molecule has 1 heterocycles. The Labute approximate surface area is 130 Å². The molecule has 0 aliphatic carbocycles. The van der Waals surface area contributed by atoms with E-state index in [9.17, 15) is 14.4 Å². The normalized spacial score (nSPS) is 10.5. The largest absolute Gasteiger partial charge is 0.473 e. The van der Waals surface area contributed by atoms with E-state index in [1.165, 1.54) is 12.1 Å². The lowest BCUT2D eigenvalue weighted by atomic mass is 10.1. The number of carbonyl (C=O) groups is 3. The minimum Gasteiger partial charge on any atom is -0.473 e. The number of nitrogens with one attached hydrogen (secondary N) is 1. The Hall–Kier alpha value is -2.94. The van der Waals surface area contributed by atoms with Gasteiger partial charge >= 0.3 is 17.9 Å². The quantitative estimate of drug-likeness (QED) is 0.403. The van der Waals surface area contributed by atoms with Crippen molar-refractivity contribution in [2.75, 3.05) is 13.2 Å². The number of rotatable bonds is 5. The van der Waals surface area contributed by atoms with Crippen molar-refractivity contribution in [3.63, 3.8) is 0 Å². The molecule has 0 aliphatic heterocycles. The van der Waals surface area contributed by atoms with E-state index in [4.69, 9.17) is 20.3 Å². The van der Waals surface area contributed by atoms with Gasteiger partial charge in [-0.05, 0) is 25.6 Å². The summed E-state index contributed by atoms with van der Waals surface area (Å²) in [6.45, 7) is 2.16. The number of carbonyl (C=O) groups excluding carboxylic acids is 2. The van der Waals surface area contributed by atoms with Gasteiger partial charge in [-0.3, -0.25) is 5.10 Å². The number of benzene rings is 1. The molecule has 122 valence electrons. The van der Waals surface area contributed by atoms with Gasteiger partial charge in [0, 0.05) is 17.5 Å². The number of aromatic nitrogens is 2. The predicted octanol–water partition coefficient (Wildman–Crippen LogP) is 0.231. The Morgan fingerprint density at radius 3 is 2.70 bits per heavy atom. The summed E-state index contributed by atoms with van der Waals surface area (Å²) in [6.07, 6.45) is 0.453. The zero-order valence-corrected chi connectivity index (χ0v) is 12.3. The molecule has 0 fully saturated rings. The lowest BCUT2D eigenvalue weighted by Gasteiger charge is -2.07. The molecular formula is C14H15N3O6. The second kappa shape index (κ2) is 6.88. The number of aliphatic carboxylic acids is 1. The molecule has 0 saturated heterocycles. The number of ether oxygens (including phenoxy) is 2. The summed E-state index contributed by atoms with van der Waals surface area (Å²) in [5, 5.41) is 15.9. The Morgan fingerprint density at radius 2 is 2.09 bits per heavy atom. The third-order valence-electron chi connectivity index (χ3n) is 2.99. The van der Waals surface area contributed by atoms with Crippen LogP contribution in [0.3, 0.4) is 0 Å².